The summed E-state index contributed by atoms with van der Waals surface area (Å²) in [5.74, 6) is -0.785. The summed E-state index contributed by atoms with van der Waals surface area (Å²) in [6.45, 7) is 0. The van der Waals surface area contributed by atoms with Crippen molar-refractivity contribution in [2.75, 3.05) is 0 Å². The van der Waals surface area contributed by atoms with Gasteiger partial charge < -0.3 is 24.7 Å². The number of hydrogen-bond acceptors (Lipinski definition) is 3. The van der Waals surface area contributed by atoms with Crippen molar-refractivity contribution in [2.45, 2.75) is 5.08 Å². The Balaban J connectivity index is 3.52. The molecule has 1 rings (SSSR count). The number of benzene rings is 1. The van der Waals surface area contributed by atoms with Gasteiger partial charge in [0.2, 0.25) is 0 Å². The van der Waals surface area contributed by atoms with Crippen LogP contribution in [0.15, 0.2) is 24.3 Å². The van der Waals surface area contributed by atoms with E-state index in [1.807, 2.05) is 0 Å². The molecule has 0 aliphatic carbocycles. The van der Waals surface area contributed by atoms with Gasteiger partial charge in [0.15, 0.2) is 0 Å². The van der Waals surface area contributed by atoms with Crippen LogP contribution >= 0.6 is 15.2 Å². The van der Waals surface area contributed by atoms with Gasteiger partial charge in [0.25, 0.3) is 5.08 Å². The van der Waals surface area contributed by atoms with Crippen molar-refractivity contribution in [2.24, 2.45) is 0 Å². The van der Waals surface area contributed by atoms with E-state index in [1.165, 1.54) is 0 Å². The molecule has 17 heavy (non-hydrogen) atoms. The molecule has 0 heterocycles. The van der Waals surface area contributed by atoms with Gasteiger partial charge in [0.1, 0.15) is 5.82 Å². The van der Waals surface area contributed by atoms with Crippen LogP contribution in [0.25, 0.3) is 0 Å². The molecule has 96 valence electrons. The van der Waals surface area contributed by atoms with Crippen molar-refractivity contribution in [3.8, 4) is 0 Å². The van der Waals surface area contributed by atoms with Crippen LogP contribution in [0.2, 0.25) is 0 Å². The Morgan fingerprint density at radius 1 is 0.941 bits per heavy atom. The molecule has 0 saturated heterocycles. The van der Waals surface area contributed by atoms with E-state index in [0.717, 1.165) is 0 Å². The van der Waals surface area contributed by atoms with E-state index in [9.17, 15) is 18.6 Å². The summed E-state index contributed by atoms with van der Waals surface area (Å²) < 4.78 is 34.7. The molecule has 0 spiro atoms. The van der Waals surface area contributed by atoms with Gasteiger partial charge in [-0.2, -0.15) is 0 Å². The molecule has 0 unspecified atom stereocenters. The van der Waals surface area contributed by atoms with Crippen LogP contribution in [0.5, 0.6) is 0 Å². The molecule has 0 aromatic heterocycles. The first-order chi connectivity index (χ1) is 7.50. The van der Waals surface area contributed by atoms with Crippen LogP contribution < -0.4 is 0 Å². The van der Waals surface area contributed by atoms with Gasteiger partial charge in [0, 0.05) is 5.56 Å². The molecule has 0 amide bonds. The first-order valence-electron chi connectivity index (χ1n) is 4.10. The van der Waals surface area contributed by atoms with Gasteiger partial charge in [-0.25, -0.2) is 4.39 Å². The molecule has 7 nitrogen and oxygen atoms in total. The predicted octanol–water partition coefficient (Wildman–Crippen LogP) is 0.284. The molecular formula is C7H9FO7P2. The fraction of sp³-hybridized carbons (Fsp3) is 0.143. The Hall–Kier alpha value is -0.590. The quantitative estimate of drug-likeness (QED) is 0.503. The van der Waals surface area contributed by atoms with E-state index in [-0.39, 0.29) is 0 Å². The van der Waals surface area contributed by atoms with Crippen LogP contribution in [-0.4, -0.2) is 24.7 Å². The Labute approximate surface area is 94.9 Å². The third-order valence-electron chi connectivity index (χ3n) is 2.04. The van der Waals surface area contributed by atoms with E-state index in [1.54, 1.807) is 0 Å². The number of aliphatic hydroxyl groups is 1. The monoisotopic (exact) mass is 286 g/mol. The Morgan fingerprint density at radius 3 is 1.59 bits per heavy atom. The minimum absolute atomic E-state index is 0.688. The highest BCUT2D eigenvalue weighted by atomic mass is 31.2. The molecule has 1 aromatic rings. The lowest BCUT2D eigenvalue weighted by atomic mass is 10.2. The molecule has 0 aliphatic rings. The van der Waals surface area contributed by atoms with E-state index in [2.05, 4.69) is 0 Å². The summed E-state index contributed by atoms with van der Waals surface area (Å²) in [6, 6.07) is 2.80. The van der Waals surface area contributed by atoms with E-state index in [0.29, 0.717) is 24.3 Å². The first kappa shape index (κ1) is 14.5. The third-order valence-corrected chi connectivity index (χ3v) is 5.75. The molecule has 0 aliphatic heterocycles. The van der Waals surface area contributed by atoms with E-state index in [4.69, 9.17) is 19.6 Å². The van der Waals surface area contributed by atoms with Crippen LogP contribution in [0, 0.1) is 5.82 Å². The summed E-state index contributed by atoms with van der Waals surface area (Å²) in [6.07, 6.45) is 0. The minimum atomic E-state index is -5.58. The maximum absolute atomic E-state index is 12.6. The standard InChI is InChI=1S/C7H9FO7P2/c8-6-3-1-5(2-4-6)7(9,16(10,11)12)17(13,14)15/h1-4,9H,(H2,10,11,12)(H2,13,14,15). The third kappa shape index (κ3) is 2.48. The highest BCUT2D eigenvalue weighted by molar-refractivity contribution is 7.71. The maximum atomic E-state index is 12.6. The highest BCUT2D eigenvalue weighted by Gasteiger charge is 2.60. The molecule has 0 bridgehead atoms. The average Bonchev–Trinajstić information content (AvgIpc) is 2.14. The van der Waals surface area contributed by atoms with Crippen LogP contribution in [0.3, 0.4) is 0 Å². The lowest BCUT2D eigenvalue weighted by Crippen LogP contribution is -2.25. The molecule has 1 aromatic carbocycles. The Bertz CT molecular complexity index is 479. The molecule has 0 saturated carbocycles. The summed E-state index contributed by atoms with van der Waals surface area (Å²) in [5, 5.41) is 5.92. The molecular weight excluding hydrogens is 277 g/mol. The van der Waals surface area contributed by atoms with E-state index < -0.39 is 31.7 Å². The molecule has 0 atom stereocenters. The molecule has 0 radical (unpaired) electrons. The molecule has 0 fully saturated rings. The normalized spacial score (nSPS) is 13.8. The lowest BCUT2D eigenvalue weighted by Gasteiger charge is -2.29. The zero-order chi connectivity index (χ0) is 13.5. The predicted molar refractivity (Wildman–Crippen MR) is 54.4 cm³/mol. The van der Waals surface area contributed by atoms with Crippen molar-refractivity contribution >= 4 is 15.2 Å². The summed E-state index contributed by atoms with van der Waals surface area (Å²) in [7, 11) is -11.2. The second-order valence-corrected chi connectivity index (χ2v) is 7.05. The second-order valence-electron chi connectivity index (χ2n) is 3.23. The summed E-state index contributed by atoms with van der Waals surface area (Å²) in [4.78, 5) is 35.5. The van der Waals surface area contributed by atoms with Crippen molar-refractivity contribution in [1.29, 1.82) is 0 Å². The van der Waals surface area contributed by atoms with Gasteiger partial charge in [0.05, 0.1) is 0 Å². The zero-order valence-electron chi connectivity index (χ0n) is 8.13. The SMILES string of the molecule is O=P(O)(O)C(O)(c1ccc(F)cc1)P(=O)(O)O. The fourth-order valence-electron chi connectivity index (χ4n) is 1.18. The zero-order valence-corrected chi connectivity index (χ0v) is 9.92. The van der Waals surface area contributed by atoms with Crippen LogP contribution in [0.4, 0.5) is 4.39 Å². The fourth-order valence-corrected chi connectivity index (χ4v) is 3.51. The topological polar surface area (TPSA) is 135 Å². The van der Waals surface area contributed by atoms with Crippen molar-refractivity contribution in [3.05, 3.63) is 35.6 Å². The summed E-state index contributed by atoms with van der Waals surface area (Å²) >= 11 is 0. The molecule has 10 heteroatoms. The highest BCUT2D eigenvalue weighted by Crippen LogP contribution is 2.72. The lowest BCUT2D eigenvalue weighted by molar-refractivity contribution is 0.131. The minimum Gasteiger partial charge on any atom is -0.364 e. The molecule has 5 N–H and O–H groups in total. The van der Waals surface area contributed by atoms with Crippen molar-refractivity contribution < 1.29 is 38.2 Å². The Morgan fingerprint density at radius 2 is 1.29 bits per heavy atom. The van der Waals surface area contributed by atoms with Gasteiger partial charge in [-0.1, -0.05) is 12.1 Å². The van der Waals surface area contributed by atoms with Crippen molar-refractivity contribution in [1.82, 2.24) is 0 Å². The second kappa shape index (κ2) is 4.26. The van der Waals surface area contributed by atoms with Crippen LogP contribution in [0.1, 0.15) is 5.56 Å². The van der Waals surface area contributed by atoms with E-state index >= 15 is 0 Å². The largest absolute Gasteiger partial charge is 0.374 e. The number of halogens is 1. The first-order valence-corrected chi connectivity index (χ1v) is 7.32. The average molecular weight is 286 g/mol. The van der Waals surface area contributed by atoms with Crippen LogP contribution in [-0.2, 0) is 14.2 Å². The van der Waals surface area contributed by atoms with Gasteiger partial charge in [-0.05, 0) is 12.1 Å². The number of hydrogen-bond donors (Lipinski definition) is 5. The van der Waals surface area contributed by atoms with Gasteiger partial charge >= 0.3 is 15.2 Å². The Kier molecular flexibility index (Phi) is 3.63. The number of rotatable bonds is 3. The van der Waals surface area contributed by atoms with Crippen molar-refractivity contribution in [3.63, 3.8) is 0 Å². The smallest absolute Gasteiger partial charge is 0.364 e. The van der Waals surface area contributed by atoms with Gasteiger partial charge in [-0.15, -0.1) is 0 Å². The maximum Gasteiger partial charge on any atom is 0.374 e. The summed E-state index contributed by atoms with van der Waals surface area (Å²) in [5.41, 5.74) is -0.763. The van der Waals surface area contributed by atoms with Gasteiger partial charge in [-0.3, -0.25) is 9.13 Å².